The molecule has 3 heteroatoms. The molecule has 3 aromatic rings. The molecular formula is C13H9BrN2. The van der Waals surface area contributed by atoms with Gasteiger partial charge in [-0.25, -0.2) is 0 Å². The van der Waals surface area contributed by atoms with E-state index >= 15 is 0 Å². The summed E-state index contributed by atoms with van der Waals surface area (Å²) in [6, 6.07) is 10.4. The van der Waals surface area contributed by atoms with Gasteiger partial charge in [-0.3, -0.25) is 4.98 Å². The van der Waals surface area contributed by atoms with Gasteiger partial charge in [0.25, 0.3) is 0 Å². The molecule has 2 heterocycles. The highest BCUT2D eigenvalue weighted by Gasteiger charge is 1.99. The quantitative estimate of drug-likeness (QED) is 0.659. The minimum absolute atomic E-state index is 1.09. The minimum atomic E-state index is 1.09. The van der Waals surface area contributed by atoms with E-state index in [1.807, 2.05) is 36.9 Å². The summed E-state index contributed by atoms with van der Waals surface area (Å²) in [5.74, 6) is 0. The molecule has 2 aromatic heterocycles. The van der Waals surface area contributed by atoms with Gasteiger partial charge in [0.15, 0.2) is 0 Å². The molecule has 0 N–H and O–H groups in total. The van der Waals surface area contributed by atoms with Crippen LogP contribution in [0.3, 0.4) is 0 Å². The molecule has 0 bridgehead atoms. The molecule has 0 amide bonds. The van der Waals surface area contributed by atoms with E-state index in [4.69, 9.17) is 0 Å². The molecule has 0 aliphatic heterocycles. The Morgan fingerprint density at radius 3 is 2.81 bits per heavy atom. The lowest BCUT2D eigenvalue weighted by molar-refractivity contribution is 1.08. The fourth-order valence-corrected chi connectivity index (χ4v) is 2.10. The smallest absolute Gasteiger partial charge is 0.0456 e. The summed E-state index contributed by atoms with van der Waals surface area (Å²) < 4.78 is 3.17. The fraction of sp³-hybridized carbons (Fsp3) is 0. The maximum atomic E-state index is 4.11. The van der Waals surface area contributed by atoms with Gasteiger partial charge in [0.05, 0.1) is 0 Å². The van der Waals surface area contributed by atoms with Gasteiger partial charge in [-0.1, -0.05) is 6.07 Å². The van der Waals surface area contributed by atoms with Crippen LogP contribution in [0.15, 0.2) is 59.6 Å². The monoisotopic (exact) mass is 272 g/mol. The van der Waals surface area contributed by atoms with E-state index in [0.717, 1.165) is 15.5 Å². The van der Waals surface area contributed by atoms with Crippen LogP contribution in [-0.2, 0) is 0 Å². The molecule has 16 heavy (non-hydrogen) atoms. The molecule has 0 spiro atoms. The summed E-state index contributed by atoms with van der Waals surface area (Å²) in [5.41, 5.74) is 1.16. The van der Waals surface area contributed by atoms with Gasteiger partial charge in [0.2, 0.25) is 0 Å². The predicted octanol–water partition coefficient (Wildman–Crippen LogP) is 3.79. The molecule has 0 aliphatic carbocycles. The zero-order valence-electron chi connectivity index (χ0n) is 8.47. The molecule has 3 rings (SSSR count). The van der Waals surface area contributed by atoms with Crippen LogP contribution in [-0.4, -0.2) is 9.55 Å². The molecule has 2 nitrogen and oxygen atoms in total. The normalized spacial score (nSPS) is 10.8. The Hall–Kier alpha value is -1.61. The number of nitrogens with zero attached hydrogens (tertiary/aromatic N) is 2. The zero-order chi connectivity index (χ0) is 11.0. The van der Waals surface area contributed by atoms with E-state index in [2.05, 4.69) is 43.7 Å². The first kappa shape index (κ1) is 9.60. The van der Waals surface area contributed by atoms with Gasteiger partial charge in [0, 0.05) is 40.3 Å². The van der Waals surface area contributed by atoms with Gasteiger partial charge in [-0.05, 0) is 45.6 Å². The van der Waals surface area contributed by atoms with E-state index < -0.39 is 0 Å². The predicted molar refractivity (Wildman–Crippen MR) is 68.8 cm³/mol. The Morgan fingerprint density at radius 2 is 2.00 bits per heavy atom. The molecule has 0 unspecified atom stereocenters. The third kappa shape index (κ3) is 1.63. The first-order chi connectivity index (χ1) is 7.83. The highest BCUT2D eigenvalue weighted by atomic mass is 79.9. The summed E-state index contributed by atoms with van der Waals surface area (Å²) in [4.78, 5) is 4.11. The highest BCUT2D eigenvalue weighted by molar-refractivity contribution is 9.10. The number of halogens is 1. The number of rotatable bonds is 1. The Morgan fingerprint density at radius 1 is 1.06 bits per heavy atom. The van der Waals surface area contributed by atoms with Crippen LogP contribution in [0.2, 0.25) is 0 Å². The van der Waals surface area contributed by atoms with Crippen molar-refractivity contribution in [2.75, 3.05) is 0 Å². The van der Waals surface area contributed by atoms with Crippen molar-refractivity contribution in [3.05, 3.63) is 59.6 Å². The van der Waals surface area contributed by atoms with E-state index in [0.29, 0.717) is 0 Å². The van der Waals surface area contributed by atoms with Crippen LogP contribution in [0.5, 0.6) is 0 Å². The van der Waals surface area contributed by atoms with Gasteiger partial charge in [-0.2, -0.15) is 0 Å². The SMILES string of the molecule is Brc1ccn(-c2ccc3cnccc3c2)c1. The van der Waals surface area contributed by atoms with Crippen LogP contribution >= 0.6 is 15.9 Å². The average Bonchev–Trinajstić information content (AvgIpc) is 2.75. The van der Waals surface area contributed by atoms with Crippen molar-refractivity contribution in [3.63, 3.8) is 0 Å². The Balaban J connectivity index is 2.18. The summed E-state index contributed by atoms with van der Waals surface area (Å²) in [5, 5.41) is 2.37. The van der Waals surface area contributed by atoms with Crippen LogP contribution < -0.4 is 0 Å². The standard InChI is InChI=1S/C13H9BrN2/c14-12-4-6-16(9-12)13-2-1-11-8-15-5-3-10(11)7-13/h1-9H. The summed E-state index contributed by atoms with van der Waals surface area (Å²) in [6.07, 6.45) is 7.77. The van der Waals surface area contributed by atoms with Gasteiger partial charge in [0.1, 0.15) is 0 Å². The lowest BCUT2D eigenvalue weighted by Crippen LogP contribution is -1.89. The van der Waals surface area contributed by atoms with Crippen molar-refractivity contribution in [2.45, 2.75) is 0 Å². The maximum absolute atomic E-state index is 4.11. The molecule has 0 saturated heterocycles. The lowest BCUT2D eigenvalue weighted by Gasteiger charge is -2.04. The van der Waals surface area contributed by atoms with Crippen molar-refractivity contribution in [1.29, 1.82) is 0 Å². The first-order valence-corrected chi connectivity index (χ1v) is 5.80. The summed E-state index contributed by atoms with van der Waals surface area (Å²) >= 11 is 3.45. The molecular weight excluding hydrogens is 264 g/mol. The molecule has 0 radical (unpaired) electrons. The van der Waals surface area contributed by atoms with Crippen molar-refractivity contribution < 1.29 is 0 Å². The van der Waals surface area contributed by atoms with E-state index in [-0.39, 0.29) is 0 Å². The Bertz CT molecular complexity index is 643. The van der Waals surface area contributed by atoms with E-state index in [1.165, 1.54) is 5.39 Å². The van der Waals surface area contributed by atoms with Gasteiger partial charge >= 0.3 is 0 Å². The van der Waals surface area contributed by atoms with Crippen molar-refractivity contribution in [2.24, 2.45) is 0 Å². The second kappa shape index (κ2) is 3.76. The van der Waals surface area contributed by atoms with Crippen molar-refractivity contribution in [1.82, 2.24) is 9.55 Å². The number of fused-ring (bicyclic) bond motifs is 1. The van der Waals surface area contributed by atoms with Crippen LogP contribution in [0.4, 0.5) is 0 Å². The average molecular weight is 273 g/mol. The van der Waals surface area contributed by atoms with Crippen LogP contribution in [0.25, 0.3) is 16.5 Å². The molecule has 1 aromatic carbocycles. The Labute approximate surface area is 102 Å². The largest absolute Gasteiger partial charge is 0.323 e. The molecule has 0 aliphatic rings. The number of pyridine rings is 1. The van der Waals surface area contributed by atoms with E-state index in [9.17, 15) is 0 Å². The fourth-order valence-electron chi connectivity index (χ4n) is 1.76. The van der Waals surface area contributed by atoms with Crippen LogP contribution in [0.1, 0.15) is 0 Å². The summed E-state index contributed by atoms with van der Waals surface area (Å²) in [6.45, 7) is 0. The number of benzene rings is 1. The van der Waals surface area contributed by atoms with E-state index in [1.54, 1.807) is 0 Å². The third-order valence-electron chi connectivity index (χ3n) is 2.58. The number of aromatic nitrogens is 2. The number of hydrogen-bond donors (Lipinski definition) is 0. The minimum Gasteiger partial charge on any atom is -0.323 e. The molecule has 0 saturated carbocycles. The first-order valence-electron chi connectivity index (χ1n) is 5.00. The zero-order valence-corrected chi connectivity index (χ0v) is 10.1. The maximum Gasteiger partial charge on any atom is 0.0456 e. The number of hydrogen-bond acceptors (Lipinski definition) is 1. The molecule has 0 fully saturated rings. The topological polar surface area (TPSA) is 17.8 Å². The van der Waals surface area contributed by atoms with Crippen molar-refractivity contribution in [3.8, 4) is 5.69 Å². The van der Waals surface area contributed by atoms with Crippen LogP contribution in [0, 0.1) is 0 Å². The van der Waals surface area contributed by atoms with Crippen molar-refractivity contribution >= 4 is 26.7 Å². The third-order valence-corrected chi connectivity index (χ3v) is 3.05. The highest BCUT2D eigenvalue weighted by Crippen LogP contribution is 2.19. The second-order valence-electron chi connectivity index (χ2n) is 3.64. The second-order valence-corrected chi connectivity index (χ2v) is 4.56. The molecule has 78 valence electrons. The lowest BCUT2D eigenvalue weighted by atomic mass is 10.1. The molecule has 0 atom stereocenters. The Kier molecular flexibility index (Phi) is 2.26. The van der Waals surface area contributed by atoms with Gasteiger partial charge in [-0.15, -0.1) is 0 Å². The van der Waals surface area contributed by atoms with Gasteiger partial charge < -0.3 is 4.57 Å². The summed E-state index contributed by atoms with van der Waals surface area (Å²) in [7, 11) is 0.